The minimum absolute atomic E-state index is 0.141. The molecule has 0 aliphatic rings. The van der Waals surface area contributed by atoms with Gasteiger partial charge in [0.05, 0.1) is 6.61 Å². The van der Waals surface area contributed by atoms with Crippen molar-refractivity contribution in [3.05, 3.63) is 101 Å². The number of amides is 2. The van der Waals surface area contributed by atoms with Crippen molar-refractivity contribution in [2.75, 3.05) is 13.2 Å². The summed E-state index contributed by atoms with van der Waals surface area (Å²) in [5.41, 5.74) is 2.88. The lowest BCUT2D eigenvalue weighted by Crippen LogP contribution is -2.51. The van der Waals surface area contributed by atoms with Crippen molar-refractivity contribution in [2.24, 2.45) is 5.92 Å². The molecule has 6 heteroatoms. The number of aryl methyl sites for hydroxylation is 1. The molecule has 3 aromatic carbocycles. The second-order valence-electron chi connectivity index (χ2n) is 9.76. The Kier molecular flexibility index (Phi) is 10.7. The SMILES string of the molecule is Cc1ccc(OCCCC(=O)N(Cc2ccc(F)cc2)[C@H](Cc2ccccc2)C(=O)NCC(C)C)cc1. The summed E-state index contributed by atoms with van der Waals surface area (Å²) in [6.45, 7) is 7.20. The van der Waals surface area contributed by atoms with Crippen LogP contribution in [0.25, 0.3) is 0 Å². The van der Waals surface area contributed by atoms with Crippen LogP contribution in [0, 0.1) is 18.7 Å². The van der Waals surface area contributed by atoms with Gasteiger partial charge in [0.25, 0.3) is 0 Å². The van der Waals surface area contributed by atoms with Gasteiger partial charge in [-0.1, -0.05) is 74.0 Å². The molecule has 0 aliphatic heterocycles. The van der Waals surface area contributed by atoms with Crippen molar-refractivity contribution in [1.29, 1.82) is 0 Å². The molecule has 0 aliphatic carbocycles. The fraction of sp³-hybridized carbons (Fsp3) is 0.355. The van der Waals surface area contributed by atoms with E-state index in [0.717, 1.165) is 22.4 Å². The maximum absolute atomic E-state index is 13.6. The number of hydrogen-bond acceptors (Lipinski definition) is 3. The average Bonchev–Trinajstić information content (AvgIpc) is 2.89. The molecule has 5 nitrogen and oxygen atoms in total. The van der Waals surface area contributed by atoms with E-state index in [2.05, 4.69) is 5.32 Å². The summed E-state index contributed by atoms with van der Waals surface area (Å²) in [6.07, 6.45) is 1.13. The molecule has 3 rings (SSSR count). The van der Waals surface area contributed by atoms with E-state index < -0.39 is 6.04 Å². The predicted molar refractivity (Wildman–Crippen MR) is 145 cm³/mol. The summed E-state index contributed by atoms with van der Waals surface area (Å²) >= 11 is 0. The Balaban J connectivity index is 1.77. The Morgan fingerprint density at radius 2 is 1.59 bits per heavy atom. The number of rotatable bonds is 13. The highest BCUT2D eigenvalue weighted by molar-refractivity contribution is 5.88. The lowest BCUT2D eigenvalue weighted by atomic mass is 10.0. The molecular weight excluding hydrogens is 467 g/mol. The Hall–Kier alpha value is -3.67. The fourth-order valence-corrected chi connectivity index (χ4v) is 3.95. The lowest BCUT2D eigenvalue weighted by Gasteiger charge is -2.32. The molecule has 0 fully saturated rings. The molecule has 0 heterocycles. The number of carbonyl (C=O) groups excluding carboxylic acids is 2. The van der Waals surface area contributed by atoms with E-state index in [4.69, 9.17) is 4.74 Å². The predicted octanol–water partition coefficient (Wildman–Crippen LogP) is 5.71. The number of benzene rings is 3. The first-order valence-corrected chi connectivity index (χ1v) is 12.9. The summed E-state index contributed by atoms with van der Waals surface area (Å²) < 4.78 is 19.3. The number of nitrogens with zero attached hydrogens (tertiary/aromatic N) is 1. The molecule has 0 aromatic heterocycles. The van der Waals surface area contributed by atoms with E-state index in [9.17, 15) is 14.0 Å². The molecule has 0 spiro atoms. The first kappa shape index (κ1) is 27.9. The van der Waals surface area contributed by atoms with Crippen molar-refractivity contribution in [2.45, 2.75) is 52.6 Å². The lowest BCUT2D eigenvalue weighted by molar-refractivity contribution is -0.141. The molecule has 0 saturated heterocycles. The van der Waals surface area contributed by atoms with E-state index in [1.54, 1.807) is 17.0 Å². The van der Waals surface area contributed by atoms with Gasteiger partial charge in [0, 0.05) is 25.9 Å². The highest BCUT2D eigenvalue weighted by Crippen LogP contribution is 2.18. The first-order chi connectivity index (χ1) is 17.8. The summed E-state index contributed by atoms with van der Waals surface area (Å²) in [5.74, 6) is 0.365. The van der Waals surface area contributed by atoms with Gasteiger partial charge in [-0.25, -0.2) is 4.39 Å². The molecule has 196 valence electrons. The van der Waals surface area contributed by atoms with Crippen molar-refractivity contribution in [1.82, 2.24) is 10.2 Å². The quantitative estimate of drug-likeness (QED) is 0.304. The van der Waals surface area contributed by atoms with E-state index in [0.29, 0.717) is 26.0 Å². The highest BCUT2D eigenvalue weighted by atomic mass is 19.1. The van der Waals surface area contributed by atoms with E-state index in [1.165, 1.54) is 12.1 Å². The number of nitrogens with one attached hydrogen (secondary N) is 1. The van der Waals surface area contributed by atoms with E-state index in [-0.39, 0.29) is 36.5 Å². The summed E-state index contributed by atoms with van der Waals surface area (Å²) in [6, 6.07) is 22.8. The maximum Gasteiger partial charge on any atom is 0.243 e. The maximum atomic E-state index is 13.6. The van der Waals surface area contributed by atoms with Gasteiger partial charge in [-0.3, -0.25) is 9.59 Å². The van der Waals surface area contributed by atoms with Crippen molar-refractivity contribution in [3.63, 3.8) is 0 Å². The zero-order valence-corrected chi connectivity index (χ0v) is 22.0. The van der Waals surface area contributed by atoms with Gasteiger partial charge in [-0.15, -0.1) is 0 Å². The van der Waals surface area contributed by atoms with Crippen LogP contribution >= 0.6 is 0 Å². The van der Waals surface area contributed by atoms with Crippen LogP contribution in [0.2, 0.25) is 0 Å². The molecule has 37 heavy (non-hydrogen) atoms. The molecule has 1 atom stereocenters. The van der Waals surface area contributed by atoms with Crippen molar-refractivity contribution < 1.29 is 18.7 Å². The number of carbonyl (C=O) groups is 2. The largest absolute Gasteiger partial charge is 0.494 e. The van der Waals surface area contributed by atoms with Crippen LogP contribution < -0.4 is 10.1 Å². The van der Waals surface area contributed by atoms with Crippen LogP contribution in [0.4, 0.5) is 4.39 Å². The number of halogens is 1. The third-order valence-corrected chi connectivity index (χ3v) is 6.05. The average molecular weight is 505 g/mol. The summed E-state index contributed by atoms with van der Waals surface area (Å²) in [5, 5.41) is 3.01. The van der Waals surface area contributed by atoms with Crippen LogP contribution in [0.1, 0.15) is 43.4 Å². The second kappa shape index (κ2) is 14.2. The normalized spacial score (nSPS) is 11.7. The number of hydrogen-bond donors (Lipinski definition) is 1. The zero-order valence-electron chi connectivity index (χ0n) is 22.0. The molecular formula is C31H37FN2O3. The third-order valence-electron chi connectivity index (χ3n) is 6.05. The number of ether oxygens (including phenoxy) is 1. The fourth-order valence-electron chi connectivity index (χ4n) is 3.95. The van der Waals surface area contributed by atoms with Gasteiger partial charge in [-0.2, -0.15) is 0 Å². The molecule has 0 radical (unpaired) electrons. The van der Waals surface area contributed by atoms with Gasteiger partial charge in [0.2, 0.25) is 11.8 Å². The zero-order chi connectivity index (χ0) is 26.6. The molecule has 2 amide bonds. The van der Waals surface area contributed by atoms with Crippen LogP contribution in [-0.2, 0) is 22.6 Å². The van der Waals surface area contributed by atoms with Crippen LogP contribution in [-0.4, -0.2) is 35.9 Å². The van der Waals surface area contributed by atoms with Gasteiger partial charge >= 0.3 is 0 Å². The third kappa shape index (κ3) is 9.37. The van der Waals surface area contributed by atoms with Crippen LogP contribution in [0.5, 0.6) is 5.75 Å². The minimum atomic E-state index is -0.697. The highest BCUT2D eigenvalue weighted by Gasteiger charge is 2.30. The Morgan fingerprint density at radius 3 is 2.24 bits per heavy atom. The molecule has 1 N–H and O–H groups in total. The minimum Gasteiger partial charge on any atom is -0.494 e. The smallest absolute Gasteiger partial charge is 0.243 e. The topological polar surface area (TPSA) is 58.6 Å². The Bertz CT molecular complexity index is 1120. The molecule has 0 unspecified atom stereocenters. The Morgan fingerprint density at radius 1 is 0.919 bits per heavy atom. The molecule has 0 saturated carbocycles. The van der Waals surface area contributed by atoms with E-state index in [1.807, 2.05) is 75.4 Å². The van der Waals surface area contributed by atoms with Crippen LogP contribution in [0.3, 0.4) is 0 Å². The van der Waals surface area contributed by atoms with Gasteiger partial charge in [0.15, 0.2) is 0 Å². The van der Waals surface area contributed by atoms with Crippen molar-refractivity contribution >= 4 is 11.8 Å². The van der Waals surface area contributed by atoms with Crippen molar-refractivity contribution in [3.8, 4) is 5.75 Å². The molecule has 3 aromatic rings. The van der Waals surface area contributed by atoms with Crippen LogP contribution in [0.15, 0.2) is 78.9 Å². The molecule has 0 bridgehead atoms. The monoisotopic (exact) mass is 504 g/mol. The first-order valence-electron chi connectivity index (χ1n) is 12.9. The standard InChI is InChI=1S/C31H37FN2O3/c1-23(2)21-33-31(36)29(20-25-8-5-4-6-9-25)34(22-26-13-15-27(32)16-14-26)30(35)10-7-19-37-28-17-11-24(3)12-18-28/h4-6,8-9,11-18,23,29H,7,10,19-22H2,1-3H3,(H,33,36)/t29-/m1/s1. The second-order valence-corrected chi connectivity index (χ2v) is 9.76. The van der Waals surface area contributed by atoms with E-state index >= 15 is 0 Å². The summed E-state index contributed by atoms with van der Waals surface area (Å²) in [7, 11) is 0. The van der Waals surface area contributed by atoms with Gasteiger partial charge in [0.1, 0.15) is 17.6 Å². The Labute approximate surface area is 219 Å². The van der Waals surface area contributed by atoms with Gasteiger partial charge < -0.3 is 15.0 Å². The van der Waals surface area contributed by atoms with Gasteiger partial charge in [-0.05, 0) is 54.7 Å². The summed E-state index contributed by atoms with van der Waals surface area (Å²) in [4.78, 5) is 28.6.